The van der Waals surface area contributed by atoms with E-state index >= 15 is 0 Å². The number of carbonyl (C=O) groups excluding carboxylic acids is 1. The molecule has 3 rings (SSSR count). The van der Waals surface area contributed by atoms with Crippen LogP contribution in [-0.2, 0) is 17.8 Å². The highest BCUT2D eigenvalue weighted by Gasteiger charge is 2.10. The van der Waals surface area contributed by atoms with Gasteiger partial charge in [-0.15, -0.1) is 11.3 Å². The highest BCUT2D eigenvalue weighted by molar-refractivity contribution is 7.16. The number of thiophene rings is 1. The fourth-order valence-electron chi connectivity index (χ4n) is 1.91. The van der Waals surface area contributed by atoms with Crippen molar-refractivity contribution in [2.45, 2.75) is 19.4 Å². The molecule has 0 spiro atoms. The first kappa shape index (κ1) is 15.6. The minimum Gasteiger partial charge on any atom is -0.347 e. The third-order valence-corrected chi connectivity index (χ3v) is 4.32. The molecule has 0 aliphatic carbocycles. The standard InChI is InChI=1S/C15H13ClN4O2S/c16-12-6-4-10(23-12)5-7-13(21)18-9-14-19-15(20-22-14)11-3-1-2-8-17-11/h1-4,6,8H,5,7,9H2,(H,18,21). The van der Waals surface area contributed by atoms with E-state index in [0.717, 1.165) is 9.21 Å². The largest absolute Gasteiger partial charge is 0.347 e. The van der Waals surface area contributed by atoms with Gasteiger partial charge in [0.2, 0.25) is 17.6 Å². The Bertz CT molecular complexity index is 788. The molecule has 0 atom stereocenters. The second-order valence-corrected chi connectivity index (χ2v) is 6.51. The summed E-state index contributed by atoms with van der Waals surface area (Å²) < 4.78 is 5.83. The van der Waals surface area contributed by atoms with E-state index in [4.69, 9.17) is 16.1 Å². The molecule has 3 heterocycles. The molecular formula is C15H13ClN4O2S. The van der Waals surface area contributed by atoms with E-state index in [1.165, 1.54) is 11.3 Å². The Morgan fingerprint density at radius 2 is 2.22 bits per heavy atom. The number of aromatic nitrogens is 3. The summed E-state index contributed by atoms with van der Waals surface area (Å²) in [7, 11) is 0. The summed E-state index contributed by atoms with van der Waals surface area (Å²) in [6, 6.07) is 9.20. The minimum atomic E-state index is -0.0768. The Hall–Kier alpha value is -2.25. The van der Waals surface area contributed by atoms with E-state index in [0.29, 0.717) is 30.3 Å². The van der Waals surface area contributed by atoms with Gasteiger partial charge in [-0.05, 0) is 30.7 Å². The van der Waals surface area contributed by atoms with E-state index in [2.05, 4.69) is 20.4 Å². The van der Waals surface area contributed by atoms with Gasteiger partial charge in [-0.3, -0.25) is 9.78 Å². The number of hydrogen-bond acceptors (Lipinski definition) is 6. The lowest BCUT2D eigenvalue weighted by Crippen LogP contribution is -2.23. The Morgan fingerprint density at radius 1 is 1.30 bits per heavy atom. The maximum absolute atomic E-state index is 11.8. The van der Waals surface area contributed by atoms with E-state index in [1.54, 1.807) is 12.3 Å². The summed E-state index contributed by atoms with van der Waals surface area (Å²) in [5, 5.41) is 6.60. The van der Waals surface area contributed by atoms with Crippen molar-refractivity contribution in [2.24, 2.45) is 0 Å². The van der Waals surface area contributed by atoms with Crippen LogP contribution in [0.15, 0.2) is 41.1 Å². The van der Waals surface area contributed by atoms with Crippen LogP contribution in [0.25, 0.3) is 11.5 Å². The second kappa shape index (κ2) is 7.34. The first-order chi connectivity index (χ1) is 11.2. The molecule has 0 radical (unpaired) electrons. The summed E-state index contributed by atoms with van der Waals surface area (Å²) in [6.45, 7) is 0.198. The van der Waals surface area contributed by atoms with Gasteiger partial charge in [0.05, 0.1) is 10.9 Å². The molecule has 3 aromatic rings. The van der Waals surface area contributed by atoms with Crippen LogP contribution >= 0.6 is 22.9 Å². The predicted octanol–water partition coefficient (Wildman–Crippen LogP) is 3.10. The number of nitrogens with zero attached hydrogens (tertiary/aromatic N) is 3. The molecule has 0 aliphatic heterocycles. The Kier molecular flexibility index (Phi) is 4.99. The fraction of sp³-hybridized carbons (Fsp3) is 0.200. The first-order valence-electron chi connectivity index (χ1n) is 6.95. The van der Waals surface area contributed by atoms with Crippen LogP contribution in [0, 0.1) is 0 Å². The second-order valence-electron chi connectivity index (χ2n) is 4.71. The highest BCUT2D eigenvalue weighted by atomic mass is 35.5. The molecule has 23 heavy (non-hydrogen) atoms. The van der Waals surface area contributed by atoms with Gasteiger partial charge >= 0.3 is 0 Å². The average Bonchev–Trinajstić information content (AvgIpc) is 3.21. The summed E-state index contributed by atoms with van der Waals surface area (Å²) >= 11 is 7.34. The van der Waals surface area contributed by atoms with Crippen molar-refractivity contribution in [1.29, 1.82) is 0 Å². The minimum absolute atomic E-state index is 0.0768. The van der Waals surface area contributed by atoms with Gasteiger partial charge in [0.25, 0.3) is 0 Å². The van der Waals surface area contributed by atoms with Gasteiger partial charge in [-0.25, -0.2) is 0 Å². The van der Waals surface area contributed by atoms with Crippen molar-refractivity contribution in [2.75, 3.05) is 0 Å². The molecule has 3 aromatic heterocycles. The highest BCUT2D eigenvalue weighted by Crippen LogP contribution is 2.22. The SMILES string of the molecule is O=C(CCc1ccc(Cl)s1)NCc1nc(-c2ccccn2)no1. The monoisotopic (exact) mass is 348 g/mol. The average molecular weight is 349 g/mol. The molecule has 6 nitrogen and oxygen atoms in total. The Morgan fingerprint density at radius 3 is 2.96 bits per heavy atom. The topological polar surface area (TPSA) is 80.9 Å². The molecule has 1 N–H and O–H groups in total. The molecule has 1 amide bonds. The van der Waals surface area contributed by atoms with Crippen LogP contribution in [0.4, 0.5) is 0 Å². The molecule has 0 saturated carbocycles. The summed E-state index contributed by atoms with van der Waals surface area (Å²) in [5.74, 6) is 0.674. The summed E-state index contributed by atoms with van der Waals surface area (Å²) in [5.41, 5.74) is 0.628. The van der Waals surface area contributed by atoms with Crippen LogP contribution in [0.1, 0.15) is 17.2 Å². The number of halogens is 1. The normalized spacial score (nSPS) is 10.7. The Balaban J connectivity index is 1.48. The Labute approximate surface area is 141 Å². The van der Waals surface area contributed by atoms with Crippen LogP contribution in [0.5, 0.6) is 0 Å². The molecule has 0 unspecified atom stereocenters. The molecule has 0 saturated heterocycles. The lowest BCUT2D eigenvalue weighted by atomic mass is 10.2. The van der Waals surface area contributed by atoms with Crippen molar-refractivity contribution in [3.8, 4) is 11.5 Å². The van der Waals surface area contributed by atoms with Gasteiger partial charge in [-0.2, -0.15) is 4.98 Å². The molecule has 0 fully saturated rings. The zero-order valence-electron chi connectivity index (χ0n) is 12.0. The molecule has 118 valence electrons. The third-order valence-electron chi connectivity index (χ3n) is 3.03. The van der Waals surface area contributed by atoms with Gasteiger partial charge in [0.1, 0.15) is 5.69 Å². The number of rotatable bonds is 6. The quantitative estimate of drug-likeness (QED) is 0.740. The van der Waals surface area contributed by atoms with Crippen molar-refractivity contribution < 1.29 is 9.32 Å². The van der Waals surface area contributed by atoms with E-state index < -0.39 is 0 Å². The predicted molar refractivity (Wildman–Crippen MR) is 87.0 cm³/mol. The van der Waals surface area contributed by atoms with Crippen LogP contribution < -0.4 is 5.32 Å². The first-order valence-corrected chi connectivity index (χ1v) is 8.15. The number of aryl methyl sites for hydroxylation is 1. The van der Waals surface area contributed by atoms with E-state index in [1.807, 2.05) is 24.3 Å². The molecule has 8 heteroatoms. The van der Waals surface area contributed by atoms with Crippen LogP contribution in [0.2, 0.25) is 4.34 Å². The summed E-state index contributed by atoms with van der Waals surface area (Å²) in [6.07, 6.45) is 2.70. The fourth-order valence-corrected chi connectivity index (χ4v) is 3.00. The molecular weight excluding hydrogens is 336 g/mol. The molecule has 0 bridgehead atoms. The summed E-state index contributed by atoms with van der Waals surface area (Å²) in [4.78, 5) is 21.3. The smallest absolute Gasteiger partial charge is 0.246 e. The van der Waals surface area contributed by atoms with Gasteiger partial charge in [0, 0.05) is 17.5 Å². The maximum Gasteiger partial charge on any atom is 0.246 e. The third kappa shape index (κ3) is 4.37. The van der Waals surface area contributed by atoms with E-state index in [-0.39, 0.29) is 12.5 Å². The lowest BCUT2D eigenvalue weighted by molar-refractivity contribution is -0.121. The van der Waals surface area contributed by atoms with Gasteiger partial charge in [0.15, 0.2) is 0 Å². The number of amides is 1. The number of hydrogen-bond donors (Lipinski definition) is 1. The molecule has 0 aliphatic rings. The molecule has 0 aromatic carbocycles. The number of nitrogens with one attached hydrogen (secondary N) is 1. The van der Waals surface area contributed by atoms with Crippen molar-refractivity contribution in [3.05, 3.63) is 51.6 Å². The van der Waals surface area contributed by atoms with Crippen molar-refractivity contribution in [1.82, 2.24) is 20.4 Å². The van der Waals surface area contributed by atoms with Crippen molar-refractivity contribution >= 4 is 28.8 Å². The zero-order valence-corrected chi connectivity index (χ0v) is 13.6. The van der Waals surface area contributed by atoms with Gasteiger partial charge < -0.3 is 9.84 Å². The number of carbonyl (C=O) groups is 1. The lowest BCUT2D eigenvalue weighted by Gasteiger charge is -2.00. The van der Waals surface area contributed by atoms with Gasteiger partial charge in [-0.1, -0.05) is 22.8 Å². The zero-order chi connectivity index (χ0) is 16.1. The van der Waals surface area contributed by atoms with Crippen LogP contribution in [0.3, 0.4) is 0 Å². The van der Waals surface area contributed by atoms with Crippen molar-refractivity contribution in [3.63, 3.8) is 0 Å². The number of pyridine rings is 1. The maximum atomic E-state index is 11.8. The van der Waals surface area contributed by atoms with Crippen LogP contribution in [-0.4, -0.2) is 21.0 Å². The van der Waals surface area contributed by atoms with E-state index in [9.17, 15) is 4.79 Å².